The topological polar surface area (TPSA) is 88.6 Å². The Kier molecular flexibility index (Phi) is 2.91. The molecule has 6 heteroatoms. The van der Waals surface area contributed by atoms with Crippen molar-refractivity contribution in [2.75, 3.05) is 6.54 Å². The van der Waals surface area contributed by atoms with Crippen LogP contribution in [0.5, 0.6) is 0 Å². The first kappa shape index (κ1) is 10.7. The van der Waals surface area contributed by atoms with E-state index in [0.29, 0.717) is 30.8 Å². The van der Waals surface area contributed by atoms with E-state index in [1.54, 1.807) is 4.90 Å². The average molecular weight is 223 g/mol. The Balaban J connectivity index is 2.12. The summed E-state index contributed by atoms with van der Waals surface area (Å²) in [6.07, 6.45) is 2.84. The predicted octanol–water partition coefficient (Wildman–Crippen LogP) is 0.00550. The lowest BCUT2D eigenvalue weighted by Gasteiger charge is -2.14. The van der Waals surface area contributed by atoms with Gasteiger partial charge in [0.25, 0.3) is 5.91 Å². The standard InChI is InChI=1S/C10H13N3O3/c11-12-10(15)7-3-5-16-8(7)6-13-4-1-2-9(13)14/h3,5H,1-2,4,6,11H2,(H,12,15). The molecule has 1 aliphatic heterocycles. The van der Waals surface area contributed by atoms with Crippen LogP contribution in [0.4, 0.5) is 0 Å². The van der Waals surface area contributed by atoms with Crippen LogP contribution in [0.1, 0.15) is 29.0 Å². The Morgan fingerprint density at radius 2 is 2.44 bits per heavy atom. The second-order valence-electron chi connectivity index (χ2n) is 3.65. The molecular formula is C10H13N3O3. The van der Waals surface area contributed by atoms with Gasteiger partial charge in [-0.15, -0.1) is 0 Å². The van der Waals surface area contributed by atoms with E-state index in [4.69, 9.17) is 10.3 Å². The monoisotopic (exact) mass is 223 g/mol. The highest BCUT2D eigenvalue weighted by atomic mass is 16.3. The van der Waals surface area contributed by atoms with Crippen molar-refractivity contribution >= 4 is 11.8 Å². The van der Waals surface area contributed by atoms with Crippen LogP contribution >= 0.6 is 0 Å². The van der Waals surface area contributed by atoms with E-state index in [-0.39, 0.29) is 5.91 Å². The molecule has 16 heavy (non-hydrogen) atoms. The second-order valence-corrected chi connectivity index (χ2v) is 3.65. The van der Waals surface area contributed by atoms with Gasteiger partial charge in [0, 0.05) is 13.0 Å². The van der Waals surface area contributed by atoms with Gasteiger partial charge in [-0.1, -0.05) is 0 Å². The Labute approximate surface area is 92.4 Å². The van der Waals surface area contributed by atoms with E-state index < -0.39 is 5.91 Å². The lowest BCUT2D eigenvalue weighted by Crippen LogP contribution is -2.31. The van der Waals surface area contributed by atoms with Crippen molar-refractivity contribution in [1.82, 2.24) is 10.3 Å². The number of likely N-dealkylation sites (tertiary alicyclic amines) is 1. The first-order valence-corrected chi connectivity index (χ1v) is 5.07. The van der Waals surface area contributed by atoms with Crippen LogP contribution < -0.4 is 11.3 Å². The molecule has 1 aromatic heterocycles. The van der Waals surface area contributed by atoms with E-state index in [1.165, 1.54) is 12.3 Å². The smallest absolute Gasteiger partial charge is 0.268 e. The molecule has 86 valence electrons. The summed E-state index contributed by atoms with van der Waals surface area (Å²) in [5.41, 5.74) is 2.42. The minimum atomic E-state index is -0.407. The number of nitrogens with one attached hydrogen (secondary N) is 1. The Morgan fingerprint density at radius 3 is 3.06 bits per heavy atom. The number of nitrogens with two attached hydrogens (primary N) is 1. The van der Waals surface area contributed by atoms with Crippen molar-refractivity contribution in [1.29, 1.82) is 0 Å². The van der Waals surface area contributed by atoms with Gasteiger partial charge >= 0.3 is 0 Å². The largest absolute Gasteiger partial charge is 0.467 e. The van der Waals surface area contributed by atoms with Gasteiger partial charge in [-0.3, -0.25) is 15.0 Å². The molecule has 1 saturated heterocycles. The molecule has 1 aliphatic rings. The molecule has 1 fully saturated rings. The molecule has 0 saturated carbocycles. The lowest BCUT2D eigenvalue weighted by molar-refractivity contribution is -0.128. The van der Waals surface area contributed by atoms with Gasteiger partial charge in [0.05, 0.1) is 18.4 Å². The molecule has 2 rings (SSSR count). The number of carbonyl (C=O) groups is 2. The number of nitrogen functional groups attached to an aromatic ring is 1. The van der Waals surface area contributed by atoms with Crippen LogP contribution in [0.3, 0.4) is 0 Å². The van der Waals surface area contributed by atoms with Gasteiger partial charge in [-0.05, 0) is 12.5 Å². The molecule has 0 bridgehead atoms. The molecule has 0 atom stereocenters. The van der Waals surface area contributed by atoms with Crippen LogP contribution in [0.25, 0.3) is 0 Å². The highest BCUT2D eigenvalue weighted by molar-refractivity contribution is 5.94. The zero-order valence-electron chi connectivity index (χ0n) is 8.73. The summed E-state index contributed by atoms with van der Waals surface area (Å²) in [6, 6.07) is 1.54. The maximum Gasteiger partial charge on any atom is 0.268 e. The third-order valence-corrected chi connectivity index (χ3v) is 2.63. The van der Waals surface area contributed by atoms with Crippen LogP contribution in [-0.4, -0.2) is 23.3 Å². The first-order chi connectivity index (χ1) is 7.72. The van der Waals surface area contributed by atoms with Gasteiger partial charge in [-0.2, -0.15) is 0 Å². The van der Waals surface area contributed by atoms with E-state index >= 15 is 0 Å². The SMILES string of the molecule is NNC(=O)c1ccoc1CN1CCCC1=O. The minimum Gasteiger partial charge on any atom is -0.467 e. The highest BCUT2D eigenvalue weighted by Gasteiger charge is 2.23. The molecular weight excluding hydrogens is 210 g/mol. The predicted molar refractivity (Wildman–Crippen MR) is 55.0 cm³/mol. The zero-order valence-corrected chi connectivity index (χ0v) is 8.73. The second kappa shape index (κ2) is 4.36. The third-order valence-electron chi connectivity index (χ3n) is 2.63. The fraction of sp³-hybridized carbons (Fsp3) is 0.400. The van der Waals surface area contributed by atoms with Crippen molar-refractivity contribution < 1.29 is 14.0 Å². The van der Waals surface area contributed by atoms with E-state index in [1.807, 2.05) is 5.43 Å². The average Bonchev–Trinajstić information content (AvgIpc) is 2.88. The molecule has 3 N–H and O–H groups in total. The summed E-state index contributed by atoms with van der Waals surface area (Å²) >= 11 is 0. The van der Waals surface area contributed by atoms with Crippen LogP contribution in [0.2, 0.25) is 0 Å². The van der Waals surface area contributed by atoms with Gasteiger partial charge in [-0.25, -0.2) is 5.84 Å². The maximum absolute atomic E-state index is 11.4. The number of hydrazine groups is 1. The zero-order chi connectivity index (χ0) is 11.5. The van der Waals surface area contributed by atoms with E-state index in [9.17, 15) is 9.59 Å². The van der Waals surface area contributed by atoms with Gasteiger partial charge in [0.2, 0.25) is 5.91 Å². The Bertz CT molecular complexity index is 413. The summed E-state index contributed by atoms with van der Waals surface area (Å²) in [6.45, 7) is 1.04. The molecule has 2 heterocycles. The summed E-state index contributed by atoms with van der Waals surface area (Å²) < 4.78 is 5.19. The third kappa shape index (κ3) is 1.92. The molecule has 1 aromatic rings. The molecule has 0 aliphatic carbocycles. The Morgan fingerprint density at radius 1 is 1.62 bits per heavy atom. The quantitative estimate of drug-likeness (QED) is 0.429. The van der Waals surface area contributed by atoms with Crippen molar-refractivity contribution in [3.63, 3.8) is 0 Å². The number of hydrogen-bond acceptors (Lipinski definition) is 4. The van der Waals surface area contributed by atoms with Crippen molar-refractivity contribution in [3.8, 4) is 0 Å². The molecule has 2 amide bonds. The number of nitrogens with zero attached hydrogens (tertiary/aromatic N) is 1. The molecule has 0 spiro atoms. The first-order valence-electron chi connectivity index (χ1n) is 5.07. The van der Waals surface area contributed by atoms with Gasteiger partial charge < -0.3 is 9.32 Å². The fourth-order valence-electron chi connectivity index (χ4n) is 1.79. The molecule has 6 nitrogen and oxygen atoms in total. The van der Waals surface area contributed by atoms with Crippen LogP contribution in [-0.2, 0) is 11.3 Å². The summed E-state index contributed by atoms with van der Waals surface area (Å²) in [5.74, 6) is 5.20. The number of amides is 2. The number of hydrogen-bond donors (Lipinski definition) is 2. The summed E-state index contributed by atoms with van der Waals surface area (Å²) in [7, 11) is 0. The maximum atomic E-state index is 11.4. The lowest BCUT2D eigenvalue weighted by atomic mass is 10.2. The molecule has 0 aromatic carbocycles. The van der Waals surface area contributed by atoms with Crippen LogP contribution in [0.15, 0.2) is 16.7 Å². The van der Waals surface area contributed by atoms with Crippen molar-refractivity contribution in [2.24, 2.45) is 5.84 Å². The van der Waals surface area contributed by atoms with Gasteiger partial charge in [0.1, 0.15) is 5.76 Å². The van der Waals surface area contributed by atoms with E-state index in [2.05, 4.69) is 0 Å². The number of furan rings is 1. The normalized spacial score (nSPS) is 15.6. The molecule has 0 unspecified atom stereocenters. The number of carbonyl (C=O) groups excluding carboxylic acids is 2. The summed E-state index contributed by atoms with van der Waals surface area (Å²) in [5, 5.41) is 0. The minimum absolute atomic E-state index is 0.0931. The number of rotatable bonds is 3. The summed E-state index contributed by atoms with van der Waals surface area (Å²) in [4.78, 5) is 24.4. The fourth-order valence-corrected chi connectivity index (χ4v) is 1.79. The Hall–Kier alpha value is -1.82. The van der Waals surface area contributed by atoms with Gasteiger partial charge in [0.15, 0.2) is 0 Å². The van der Waals surface area contributed by atoms with Crippen LogP contribution in [0, 0.1) is 0 Å². The molecule has 0 radical (unpaired) electrons. The van der Waals surface area contributed by atoms with Crippen molar-refractivity contribution in [3.05, 3.63) is 23.7 Å². The highest BCUT2D eigenvalue weighted by Crippen LogP contribution is 2.17. The van der Waals surface area contributed by atoms with Crippen molar-refractivity contribution in [2.45, 2.75) is 19.4 Å². The van der Waals surface area contributed by atoms with E-state index in [0.717, 1.165) is 6.42 Å².